The largest absolute Gasteiger partial charge is 0.476 e. The quantitative estimate of drug-likeness (QED) is 0.785. The maximum Gasteiger partial charge on any atom is 0.358 e. The first kappa shape index (κ1) is 13.8. The third kappa shape index (κ3) is 3.66. The van der Waals surface area contributed by atoms with Gasteiger partial charge in [0.2, 0.25) is 0 Å². The topological polar surface area (TPSA) is 80.0 Å². The minimum Gasteiger partial charge on any atom is -0.476 e. The number of hydrogen-bond donors (Lipinski definition) is 2. The number of aryl methyl sites for hydroxylation is 1. The number of carboxylic acid groups (broad SMARTS) is 1. The molecule has 0 spiro atoms. The predicted molar refractivity (Wildman–Crippen MR) is 79.4 cm³/mol. The lowest BCUT2D eigenvalue weighted by molar-refractivity contribution is 0.0690. The minimum atomic E-state index is -1.06. The highest BCUT2D eigenvalue weighted by molar-refractivity contribution is 14.1. The fourth-order valence-electron chi connectivity index (χ4n) is 1.60. The van der Waals surface area contributed by atoms with Gasteiger partial charge < -0.3 is 10.4 Å². The summed E-state index contributed by atoms with van der Waals surface area (Å²) in [6.45, 7) is 3.25. The van der Waals surface area contributed by atoms with Gasteiger partial charge in [-0.25, -0.2) is 9.48 Å². The van der Waals surface area contributed by atoms with Crippen molar-refractivity contribution in [3.05, 3.63) is 39.2 Å². The zero-order valence-electron chi connectivity index (χ0n) is 10.3. The van der Waals surface area contributed by atoms with Gasteiger partial charge in [-0.15, -0.1) is 5.10 Å². The number of rotatable bonds is 5. The second-order valence-electron chi connectivity index (χ2n) is 4.06. The Morgan fingerprint density at radius 2 is 2.32 bits per heavy atom. The molecule has 1 aromatic heterocycles. The number of aromatic nitrogens is 3. The van der Waals surface area contributed by atoms with Gasteiger partial charge in [0.1, 0.15) is 0 Å². The van der Waals surface area contributed by atoms with Crippen LogP contribution in [0.15, 0.2) is 24.4 Å². The molecule has 100 valence electrons. The van der Waals surface area contributed by atoms with Crippen molar-refractivity contribution >= 4 is 34.2 Å². The molecule has 19 heavy (non-hydrogen) atoms. The van der Waals surface area contributed by atoms with Gasteiger partial charge in [-0.1, -0.05) is 11.3 Å². The van der Waals surface area contributed by atoms with Gasteiger partial charge in [0, 0.05) is 15.8 Å². The molecule has 2 rings (SSSR count). The van der Waals surface area contributed by atoms with Crippen molar-refractivity contribution in [3.63, 3.8) is 0 Å². The lowest BCUT2D eigenvalue weighted by Gasteiger charge is -2.09. The molecule has 1 aromatic carbocycles. The standard InChI is InChI=1S/C12H13IN4O2/c1-8-2-3-9(13)6-10(8)14-4-5-17-7-11(12(18)19)15-16-17/h2-3,6-7,14H,4-5H2,1H3,(H,18,19). The number of nitrogens with zero attached hydrogens (tertiary/aromatic N) is 3. The Morgan fingerprint density at radius 1 is 1.53 bits per heavy atom. The van der Waals surface area contributed by atoms with E-state index in [2.05, 4.69) is 56.4 Å². The number of nitrogens with one attached hydrogen (secondary N) is 1. The van der Waals surface area contributed by atoms with E-state index < -0.39 is 5.97 Å². The highest BCUT2D eigenvalue weighted by atomic mass is 127. The molecule has 0 unspecified atom stereocenters. The summed E-state index contributed by atoms with van der Waals surface area (Å²) >= 11 is 2.26. The van der Waals surface area contributed by atoms with Crippen LogP contribution < -0.4 is 5.32 Å². The zero-order valence-corrected chi connectivity index (χ0v) is 12.5. The van der Waals surface area contributed by atoms with Gasteiger partial charge in [-0.2, -0.15) is 0 Å². The smallest absolute Gasteiger partial charge is 0.358 e. The van der Waals surface area contributed by atoms with Gasteiger partial charge in [-0.3, -0.25) is 0 Å². The van der Waals surface area contributed by atoms with Crippen LogP contribution in [0.5, 0.6) is 0 Å². The average Bonchev–Trinajstić information content (AvgIpc) is 2.82. The van der Waals surface area contributed by atoms with E-state index in [4.69, 9.17) is 5.11 Å². The molecular weight excluding hydrogens is 359 g/mol. The number of halogens is 1. The van der Waals surface area contributed by atoms with Gasteiger partial charge >= 0.3 is 5.97 Å². The molecule has 7 heteroatoms. The third-order valence-corrected chi connectivity index (χ3v) is 3.28. The van der Waals surface area contributed by atoms with Crippen molar-refractivity contribution < 1.29 is 9.90 Å². The molecule has 0 saturated carbocycles. The number of benzene rings is 1. The lowest BCUT2D eigenvalue weighted by Crippen LogP contribution is -2.11. The fourth-order valence-corrected chi connectivity index (χ4v) is 2.09. The van der Waals surface area contributed by atoms with Crippen LogP contribution in [-0.2, 0) is 6.54 Å². The molecule has 6 nitrogen and oxygen atoms in total. The highest BCUT2D eigenvalue weighted by Crippen LogP contribution is 2.17. The van der Waals surface area contributed by atoms with E-state index >= 15 is 0 Å². The second-order valence-corrected chi connectivity index (χ2v) is 5.30. The van der Waals surface area contributed by atoms with Crippen molar-refractivity contribution in [3.8, 4) is 0 Å². The summed E-state index contributed by atoms with van der Waals surface area (Å²) < 4.78 is 2.68. The van der Waals surface area contributed by atoms with Crippen molar-refractivity contribution in [1.29, 1.82) is 0 Å². The third-order valence-electron chi connectivity index (χ3n) is 2.61. The van der Waals surface area contributed by atoms with E-state index in [9.17, 15) is 4.79 Å². The summed E-state index contributed by atoms with van der Waals surface area (Å²) in [6.07, 6.45) is 1.42. The normalized spacial score (nSPS) is 10.4. The molecule has 0 aliphatic heterocycles. The van der Waals surface area contributed by atoms with Crippen molar-refractivity contribution in [2.24, 2.45) is 0 Å². The molecule has 0 aliphatic rings. The van der Waals surface area contributed by atoms with E-state index in [1.807, 2.05) is 6.92 Å². The van der Waals surface area contributed by atoms with Crippen LogP contribution in [0.4, 0.5) is 5.69 Å². The maximum absolute atomic E-state index is 10.7. The highest BCUT2D eigenvalue weighted by Gasteiger charge is 2.07. The number of anilines is 1. The molecule has 1 heterocycles. The molecule has 0 radical (unpaired) electrons. The summed E-state index contributed by atoms with van der Waals surface area (Å²) in [5.74, 6) is -1.06. The first-order valence-electron chi connectivity index (χ1n) is 5.70. The Balaban J connectivity index is 1.92. The van der Waals surface area contributed by atoms with Crippen LogP contribution in [0.3, 0.4) is 0 Å². The number of aromatic carboxylic acids is 1. The number of hydrogen-bond acceptors (Lipinski definition) is 4. The summed E-state index contributed by atoms with van der Waals surface area (Å²) in [7, 11) is 0. The van der Waals surface area contributed by atoms with Crippen LogP contribution in [0.25, 0.3) is 0 Å². The molecule has 2 aromatic rings. The second kappa shape index (κ2) is 6.00. The van der Waals surface area contributed by atoms with Crippen LogP contribution in [0, 0.1) is 10.5 Å². The predicted octanol–water partition coefficient (Wildman–Crippen LogP) is 2.00. The Labute approximate surface area is 124 Å². The average molecular weight is 372 g/mol. The summed E-state index contributed by atoms with van der Waals surface area (Å²) in [5, 5.41) is 19.3. The first-order chi connectivity index (χ1) is 9.06. The fraction of sp³-hybridized carbons (Fsp3) is 0.250. The Hall–Kier alpha value is -1.64. The van der Waals surface area contributed by atoms with Crippen LogP contribution in [0.1, 0.15) is 16.1 Å². The molecule has 0 saturated heterocycles. The molecule has 0 fully saturated rings. The molecule has 0 atom stereocenters. The van der Waals surface area contributed by atoms with E-state index in [1.165, 1.54) is 20.0 Å². The van der Waals surface area contributed by atoms with Gasteiger partial charge in [-0.05, 0) is 47.2 Å². The number of carbonyl (C=O) groups is 1. The van der Waals surface area contributed by atoms with E-state index in [0.717, 1.165) is 5.69 Å². The van der Waals surface area contributed by atoms with Crippen molar-refractivity contribution in [2.45, 2.75) is 13.5 Å². The van der Waals surface area contributed by atoms with Crippen molar-refractivity contribution in [2.75, 3.05) is 11.9 Å². The Bertz CT molecular complexity index is 597. The van der Waals surface area contributed by atoms with Crippen LogP contribution in [0.2, 0.25) is 0 Å². The zero-order chi connectivity index (χ0) is 13.8. The Morgan fingerprint density at radius 3 is 3.00 bits per heavy atom. The van der Waals surface area contributed by atoms with Crippen LogP contribution in [-0.4, -0.2) is 32.6 Å². The summed E-state index contributed by atoms with van der Waals surface area (Å²) in [5.41, 5.74) is 2.21. The summed E-state index contributed by atoms with van der Waals surface area (Å²) in [4.78, 5) is 10.7. The minimum absolute atomic E-state index is 0.0366. The van der Waals surface area contributed by atoms with Gasteiger partial charge in [0.15, 0.2) is 5.69 Å². The lowest BCUT2D eigenvalue weighted by atomic mass is 10.2. The van der Waals surface area contributed by atoms with Crippen LogP contribution >= 0.6 is 22.6 Å². The van der Waals surface area contributed by atoms with E-state index in [1.54, 1.807) is 0 Å². The van der Waals surface area contributed by atoms with Gasteiger partial charge in [0.05, 0.1) is 12.7 Å². The molecule has 0 amide bonds. The molecule has 2 N–H and O–H groups in total. The van der Waals surface area contributed by atoms with Crippen molar-refractivity contribution in [1.82, 2.24) is 15.0 Å². The first-order valence-corrected chi connectivity index (χ1v) is 6.77. The Kier molecular flexibility index (Phi) is 4.35. The molecular formula is C12H13IN4O2. The molecule has 0 aliphatic carbocycles. The van der Waals surface area contributed by atoms with Gasteiger partial charge in [0.25, 0.3) is 0 Å². The van der Waals surface area contributed by atoms with E-state index in [0.29, 0.717) is 13.1 Å². The SMILES string of the molecule is Cc1ccc(I)cc1NCCn1cc(C(=O)O)nn1. The monoisotopic (exact) mass is 372 g/mol. The maximum atomic E-state index is 10.7. The summed E-state index contributed by atoms with van der Waals surface area (Å²) in [6, 6.07) is 6.18. The molecule has 0 bridgehead atoms. The van der Waals surface area contributed by atoms with E-state index in [-0.39, 0.29) is 5.69 Å². The number of carboxylic acids is 1.